The highest BCUT2D eigenvalue weighted by Gasteiger charge is 2.17. The van der Waals surface area contributed by atoms with Crippen LogP contribution in [0.4, 0.5) is 4.39 Å². The van der Waals surface area contributed by atoms with Crippen LogP contribution in [0.2, 0.25) is 5.02 Å². The van der Waals surface area contributed by atoms with Crippen LogP contribution in [0.1, 0.15) is 42.0 Å². The van der Waals surface area contributed by atoms with Gasteiger partial charge in [0.2, 0.25) is 0 Å². The number of ether oxygens (including phenoxy) is 1. The van der Waals surface area contributed by atoms with Gasteiger partial charge in [-0.15, -0.1) is 0 Å². The van der Waals surface area contributed by atoms with E-state index in [1.54, 1.807) is 7.11 Å². The first-order chi connectivity index (χ1) is 13.6. The van der Waals surface area contributed by atoms with Crippen LogP contribution >= 0.6 is 11.6 Å². The molecule has 4 heteroatoms. The van der Waals surface area contributed by atoms with E-state index in [9.17, 15) is 4.39 Å². The zero-order chi connectivity index (χ0) is 19.9. The van der Waals surface area contributed by atoms with Crippen LogP contribution in [0.25, 0.3) is 0 Å². The third kappa shape index (κ3) is 5.34. The van der Waals surface area contributed by atoms with E-state index in [-0.39, 0.29) is 11.7 Å². The SMILES string of the molecule is COc1ccc([C@H](CC[NH2+][C@H](C)c2ccc(Cl)cc2)c2ccc(F)cc2)cc1. The predicted molar refractivity (Wildman–Crippen MR) is 113 cm³/mol. The maximum atomic E-state index is 13.4. The van der Waals surface area contributed by atoms with E-state index in [2.05, 4.69) is 36.5 Å². The Bertz CT molecular complexity index is 863. The van der Waals surface area contributed by atoms with Crippen molar-refractivity contribution in [2.75, 3.05) is 13.7 Å². The van der Waals surface area contributed by atoms with Crippen molar-refractivity contribution in [3.8, 4) is 5.75 Å². The van der Waals surface area contributed by atoms with Crippen molar-refractivity contribution in [3.63, 3.8) is 0 Å². The normalized spacial score (nSPS) is 13.1. The standard InChI is InChI=1S/C24H25ClFNO/c1-17(18-3-9-21(25)10-4-18)27-16-15-24(19-5-11-22(26)12-6-19)20-7-13-23(28-2)14-8-20/h3-14,17,24,27H,15-16H2,1-2H3/p+1/t17-,24-/m1/s1. The maximum absolute atomic E-state index is 13.4. The number of hydrogen-bond donors (Lipinski definition) is 1. The predicted octanol–water partition coefficient (Wildman–Crippen LogP) is 5.33. The molecule has 0 saturated heterocycles. The van der Waals surface area contributed by atoms with Gasteiger partial charge in [0.1, 0.15) is 17.6 Å². The molecule has 146 valence electrons. The molecule has 3 aromatic carbocycles. The highest BCUT2D eigenvalue weighted by atomic mass is 35.5. The molecule has 0 radical (unpaired) electrons. The van der Waals surface area contributed by atoms with Crippen LogP contribution < -0.4 is 10.1 Å². The molecule has 2 atom stereocenters. The van der Waals surface area contributed by atoms with Crippen molar-refractivity contribution in [3.05, 3.63) is 100 Å². The fourth-order valence-corrected chi connectivity index (χ4v) is 3.60. The Morgan fingerprint density at radius 2 is 1.39 bits per heavy atom. The summed E-state index contributed by atoms with van der Waals surface area (Å²) in [5.41, 5.74) is 3.59. The Balaban J connectivity index is 1.71. The smallest absolute Gasteiger partial charge is 0.123 e. The quantitative estimate of drug-likeness (QED) is 0.545. The van der Waals surface area contributed by atoms with Gasteiger partial charge >= 0.3 is 0 Å². The lowest BCUT2D eigenvalue weighted by atomic mass is 9.88. The lowest BCUT2D eigenvalue weighted by molar-refractivity contribution is -0.693. The molecular weight excluding hydrogens is 373 g/mol. The summed E-state index contributed by atoms with van der Waals surface area (Å²) in [7, 11) is 1.67. The molecule has 0 aliphatic carbocycles. The van der Waals surface area contributed by atoms with Crippen LogP contribution in [0.3, 0.4) is 0 Å². The Labute approximate surface area is 171 Å². The summed E-state index contributed by atoms with van der Waals surface area (Å²) in [5, 5.41) is 3.09. The minimum Gasteiger partial charge on any atom is -0.497 e. The molecule has 0 fully saturated rings. The zero-order valence-corrected chi connectivity index (χ0v) is 17.0. The highest BCUT2D eigenvalue weighted by Crippen LogP contribution is 2.29. The molecule has 2 N–H and O–H groups in total. The molecule has 0 unspecified atom stereocenters. The topological polar surface area (TPSA) is 25.8 Å². The molecule has 0 aliphatic heterocycles. The maximum Gasteiger partial charge on any atom is 0.123 e. The summed E-state index contributed by atoms with van der Waals surface area (Å²) >= 11 is 5.98. The van der Waals surface area contributed by atoms with E-state index in [4.69, 9.17) is 16.3 Å². The average Bonchev–Trinajstić information content (AvgIpc) is 2.72. The van der Waals surface area contributed by atoms with Gasteiger partial charge in [0.15, 0.2) is 0 Å². The van der Waals surface area contributed by atoms with E-state index >= 15 is 0 Å². The Hall–Kier alpha value is -2.36. The second kappa shape index (κ2) is 9.72. The van der Waals surface area contributed by atoms with Gasteiger partial charge < -0.3 is 10.1 Å². The molecule has 0 aromatic heterocycles. The third-order valence-electron chi connectivity index (χ3n) is 5.16. The largest absolute Gasteiger partial charge is 0.497 e. The molecule has 0 spiro atoms. The number of hydrogen-bond acceptors (Lipinski definition) is 1. The van der Waals surface area contributed by atoms with E-state index in [1.165, 1.54) is 23.3 Å². The summed E-state index contributed by atoms with van der Waals surface area (Å²) in [6.45, 7) is 3.15. The Morgan fingerprint density at radius 1 is 0.857 bits per heavy atom. The second-order valence-electron chi connectivity index (χ2n) is 7.03. The lowest BCUT2D eigenvalue weighted by Crippen LogP contribution is -2.84. The van der Waals surface area contributed by atoms with Crippen molar-refractivity contribution < 1.29 is 14.4 Å². The summed E-state index contributed by atoms with van der Waals surface area (Å²) in [4.78, 5) is 0. The summed E-state index contributed by atoms with van der Waals surface area (Å²) in [6.07, 6.45) is 0.954. The van der Waals surface area contributed by atoms with Crippen molar-refractivity contribution in [2.45, 2.75) is 25.3 Å². The fraction of sp³-hybridized carbons (Fsp3) is 0.250. The molecule has 3 rings (SSSR count). The van der Waals surface area contributed by atoms with Gasteiger partial charge in [-0.2, -0.15) is 0 Å². The first-order valence-corrected chi connectivity index (χ1v) is 9.93. The van der Waals surface area contributed by atoms with Crippen molar-refractivity contribution in [1.29, 1.82) is 0 Å². The number of benzene rings is 3. The molecule has 0 amide bonds. The average molecular weight is 399 g/mol. The fourth-order valence-electron chi connectivity index (χ4n) is 3.47. The van der Waals surface area contributed by atoms with Crippen LogP contribution in [-0.4, -0.2) is 13.7 Å². The van der Waals surface area contributed by atoms with Gasteiger partial charge in [-0.05, 0) is 54.4 Å². The van der Waals surface area contributed by atoms with Crippen LogP contribution in [0.5, 0.6) is 5.75 Å². The van der Waals surface area contributed by atoms with Gasteiger partial charge in [0.05, 0.1) is 13.7 Å². The Kier molecular flexibility index (Phi) is 7.07. The molecule has 2 nitrogen and oxygen atoms in total. The van der Waals surface area contributed by atoms with Crippen molar-refractivity contribution >= 4 is 11.6 Å². The number of quaternary nitrogens is 1. The van der Waals surface area contributed by atoms with Crippen molar-refractivity contribution in [1.82, 2.24) is 0 Å². The van der Waals surface area contributed by atoms with Gasteiger partial charge in [-0.1, -0.05) is 48.0 Å². The van der Waals surface area contributed by atoms with Crippen LogP contribution in [0.15, 0.2) is 72.8 Å². The summed E-state index contributed by atoms with van der Waals surface area (Å²) < 4.78 is 18.7. The van der Waals surface area contributed by atoms with Crippen molar-refractivity contribution in [2.24, 2.45) is 0 Å². The zero-order valence-electron chi connectivity index (χ0n) is 16.2. The highest BCUT2D eigenvalue weighted by molar-refractivity contribution is 6.30. The monoisotopic (exact) mass is 398 g/mol. The number of halogens is 2. The molecule has 0 heterocycles. The van der Waals surface area contributed by atoms with Crippen LogP contribution in [-0.2, 0) is 0 Å². The van der Waals surface area contributed by atoms with Crippen LogP contribution in [0, 0.1) is 5.82 Å². The third-order valence-corrected chi connectivity index (χ3v) is 5.41. The van der Waals surface area contributed by atoms with E-state index in [0.717, 1.165) is 29.3 Å². The number of nitrogens with two attached hydrogens (primary N) is 1. The minimum atomic E-state index is -0.208. The molecular formula is C24H26ClFNO+. The van der Waals surface area contributed by atoms with E-state index in [0.29, 0.717) is 6.04 Å². The number of rotatable bonds is 8. The Morgan fingerprint density at radius 3 is 1.96 bits per heavy atom. The first-order valence-electron chi connectivity index (χ1n) is 9.55. The first kappa shape index (κ1) is 20.4. The molecule has 3 aromatic rings. The molecule has 0 aliphatic rings. The molecule has 0 bridgehead atoms. The molecule has 28 heavy (non-hydrogen) atoms. The van der Waals surface area contributed by atoms with Gasteiger partial charge in [-0.3, -0.25) is 0 Å². The second-order valence-corrected chi connectivity index (χ2v) is 7.47. The van der Waals surface area contributed by atoms with E-state index in [1.807, 2.05) is 36.4 Å². The summed E-state index contributed by atoms with van der Waals surface area (Å²) in [6, 6.07) is 23.3. The molecule has 0 saturated carbocycles. The van der Waals surface area contributed by atoms with Gasteiger partial charge in [-0.25, -0.2) is 4.39 Å². The minimum absolute atomic E-state index is 0.208. The van der Waals surface area contributed by atoms with E-state index < -0.39 is 0 Å². The summed E-state index contributed by atoms with van der Waals surface area (Å²) in [5.74, 6) is 0.838. The lowest BCUT2D eigenvalue weighted by Gasteiger charge is -2.19. The number of methoxy groups -OCH3 is 1. The van der Waals surface area contributed by atoms with Gasteiger partial charge in [0, 0.05) is 22.9 Å². The van der Waals surface area contributed by atoms with Gasteiger partial charge in [0.25, 0.3) is 0 Å².